The van der Waals surface area contributed by atoms with Crippen LogP contribution in [0.1, 0.15) is 210 Å². The van der Waals surface area contributed by atoms with Gasteiger partial charge in [0.15, 0.2) is 17.4 Å². The summed E-state index contributed by atoms with van der Waals surface area (Å²) in [5.74, 6) is -2.12. The number of benzene rings is 5. The van der Waals surface area contributed by atoms with Crippen LogP contribution < -0.4 is 35.5 Å². The van der Waals surface area contributed by atoms with Crippen molar-refractivity contribution in [1.82, 2.24) is 29.9 Å². The predicted octanol–water partition coefficient (Wildman–Crippen LogP) is 21.9. The van der Waals surface area contributed by atoms with Crippen LogP contribution in [-0.4, -0.2) is 230 Å². The Morgan fingerprint density at radius 3 is 1.01 bits per heavy atom. The average molecular weight is 2210 g/mol. The number of nitrogens with two attached hydrogens (primary N) is 1. The highest BCUT2D eigenvalue weighted by molar-refractivity contribution is 8.11. The Hall–Kier alpha value is -9.51. The molecule has 0 bridgehead atoms. The average Bonchev–Trinajstić information content (AvgIpc) is 0.886. The molecule has 6 aromatic rings. The first kappa shape index (κ1) is 129. The van der Waals surface area contributed by atoms with Gasteiger partial charge in [-0.25, -0.2) is 34.2 Å². The van der Waals surface area contributed by atoms with Crippen LogP contribution in [0.2, 0.25) is 5.02 Å². The largest absolute Gasteiger partial charge is 0.534 e. The molecule has 0 aliphatic carbocycles. The van der Waals surface area contributed by atoms with E-state index in [0.717, 1.165) is 93.9 Å². The van der Waals surface area contributed by atoms with E-state index in [1.54, 1.807) is 21.9 Å². The van der Waals surface area contributed by atoms with Gasteiger partial charge in [0.1, 0.15) is 17.3 Å². The Bertz CT molecular complexity index is 5380. The number of hydrogen-bond acceptors (Lipinski definition) is 23. The first-order chi connectivity index (χ1) is 67.4. The van der Waals surface area contributed by atoms with Gasteiger partial charge in [0, 0.05) is 165 Å². The molecule has 7 N–H and O–H groups in total. The standard InChI is InChI=1S/C18H26N2O3.C17H21F3N2O4S.2C16H22N2O2.C11H13NO.C7H3ClF6N2O4S2.C7H13NO2.C4H8O.CH2Cl2.CH4.ClH2N/c1-17(2,3)14-4-6-15(7-5-14)19-16(21)20-10-8-18(9-11-20)22-12-13-23-18;1-16(2,3)12-4-6-13(7-5-12)21-15(23)22-10-8-14(9-11-22)26-27(24,25)17(18,19)20;2*1-16(2,3)12-4-6-13(7-5-12)17-15(20)18-10-8-14(19)9-11-18;1-11(2,3)9-4-6-10(7-5-9)12-8-13;8-4-1-2-5(15-3-4)16(21(17,18)6(9,10)11)22(19,20)7(12,13)14;1-3-8-4-2-7(1)9-5-6-10-7;1-2-4-5-3-1;2-1-3;;1-2/h4-7H,8-13H2,1-3H3,(H,19,21);4-8H,9-11H2,1-3H3,(H,21,23);2*4-7H,8-11H2,1-3H3,(H,17,20);4-7H,1-3H3;1-3H;8H,1-6H2;1-4H2;1H2;1H4;2H2. The Balaban J connectivity index is 0.000000353. The minimum absolute atomic E-state index is 0. The molecule has 0 atom stereocenters. The Kier molecular flexibility index (Phi) is 50.7. The van der Waals surface area contributed by atoms with Crippen molar-refractivity contribution in [2.24, 2.45) is 10.2 Å². The molecule has 0 radical (unpaired) electrons. The second-order valence-electron chi connectivity index (χ2n) is 38.7. The molecule has 5 aromatic carbocycles. The quantitative estimate of drug-likeness (QED) is 0.0141. The third-order valence-corrected chi connectivity index (χ3v) is 27.5. The molecular weight excluding hydrogens is 2070 g/mol. The number of rotatable bonds is 10. The van der Waals surface area contributed by atoms with E-state index in [4.69, 9.17) is 58.5 Å². The first-order valence-electron chi connectivity index (χ1n) is 46.2. The highest BCUT2D eigenvalue weighted by Gasteiger charge is 2.62. The van der Waals surface area contributed by atoms with Gasteiger partial charge in [0.2, 0.25) is 6.08 Å². The van der Waals surface area contributed by atoms with Gasteiger partial charge in [-0.1, -0.05) is 184 Å². The Morgan fingerprint density at radius 1 is 0.452 bits per heavy atom. The van der Waals surface area contributed by atoms with Crippen LogP contribution in [0.3, 0.4) is 0 Å². The number of halogens is 13. The molecule has 1 aromatic heterocycles. The van der Waals surface area contributed by atoms with E-state index in [1.165, 1.54) is 46.1 Å². The molecule has 146 heavy (non-hydrogen) atoms. The SMILES string of the molecule is C.C1CC2(CCN1)OCCO2.C1CCOC1.CC(C)(C)c1ccc(N=C=O)cc1.CC(C)(C)c1ccc(NC(=O)N2CC=C(OS(=O)(=O)C(F)(F)F)CC2)cc1.CC(C)(C)c1ccc(NC(=O)N2CCC(=O)CC2)cc1.CC(C)(C)c1ccc(NC(=O)N2CCC(=O)CC2)cc1.CC(C)(C)c1ccc(NC(=O)N2CCC3(CC2)OCCO3)cc1.ClCCl.NCl.O=S(=O)(N(c1ccc(Cl)cn1)S(=O)(=O)C(F)(F)F)C(F)(F)F. The van der Waals surface area contributed by atoms with Crippen molar-refractivity contribution in [3.63, 3.8) is 0 Å². The molecule has 8 amide bonds. The van der Waals surface area contributed by atoms with Crippen LogP contribution in [0.5, 0.6) is 0 Å². The zero-order chi connectivity index (χ0) is 109. The van der Waals surface area contributed by atoms with Gasteiger partial charge in [0.25, 0.3) is 0 Å². The number of ether oxygens (including phenoxy) is 5. The van der Waals surface area contributed by atoms with Gasteiger partial charge in [-0.2, -0.15) is 69.8 Å². The minimum Gasteiger partial charge on any atom is -0.381 e. The molecule has 9 heterocycles. The third-order valence-electron chi connectivity index (χ3n) is 22.6. The van der Waals surface area contributed by atoms with Gasteiger partial charge in [0.05, 0.1) is 42.5 Å². The van der Waals surface area contributed by atoms with Crippen LogP contribution >= 0.6 is 46.6 Å². The zero-order valence-corrected chi connectivity index (χ0v) is 89.2. The number of amides is 8. The molecule has 7 fully saturated rings. The monoisotopic (exact) mass is 2210 g/mol. The number of likely N-dealkylation sites (tertiary alicyclic amines) is 3. The predicted molar refractivity (Wildman–Crippen MR) is 549 cm³/mol. The highest BCUT2D eigenvalue weighted by atomic mass is 35.5. The van der Waals surface area contributed by atoms with E-state index < -0.39 is 68.0 Å². The topological polar surface area (TPSA) is 405 Å². The maximum Gasteiger partial charge on any atom is 0.534 e. The number of nitrogens with one attached hydrogen (secondary N) is 5. The lowest BCUT2D eigenvalue weighted by atomic mass is 9.87. The van der Waals surface area contributed by atoms with Gasteiger partial charge >= 0.3 is 70.8 Å². The van der Waals surface area contributed by atoms with Crippen molar-refractivity contribution in [2.75, 3.05) is 135 Å². The number of Topliss-reactive ketones (excluding diaryl/α,β-unsaturated/α-hetero) is 2. The fraction of sp³-hybridized carbons (Fsp3) is 0.551. The number of isocyanates is 1. The third kappa shape index (κ3) is 42.1. The number of pyridine rings is 1. The number of carbonyl (C=O) groups excluding carboxylic acids is 7. The molecule has 8 aliphatic rings. The molecule has 48 heteroatoms. The van der Waals surface area contributed by atoms with Crippen LogP contribution in [0, 0.1) is 0 Å². The van der Waals surface area contributed by atoms with Crippen LogP contribution in [-0.2, 0) is 99.5 Å². The molecule has 816 valence electrons. The second kappa shape index (κ2) is 57.5. The molecule has 7 saturated heterocycles. The summed E-state index contributed by atoms with van der Waals surface area (Å²) in [4.78, 5) is 94.0. The lowest BCUT2D eigenvalue weighted by Gasteiger charge is -2.37. The van der Waals surface area contributed by atoms with Crippen molar-refractivity contribution in [2.45, 2.75) is 237 Å². The van der Waals surface area contributed by atoms with E-state index in [-0.39, 0.29) is 112 Å². The molecule has 0 unspecified atom stereocenters. The molecule has 2 spiro atoms. The molecule has 14 rings (SSSR count). The number of aliphatic imine (C=N–C) groups is 1. The van der Waals surface area contributed by atoms with Crippen molar-refractivity contribution in [3.05, 3.63) is 184 Å². The molecule has 32 nitrogen and oxygen atoms in total. The summed E-state index contributed by atoms with van der Waals surface area (Å²) in [5.41, 5.74) is -7.94. The van der Waals surface area contributed by atoms with E-state index in [9.17, 15) is 98.3 Å². The van der Waals surface area contributed by atoms with Crippen LogP contribution in [0.25, 0.3) is 0 Å². The number of sulfonamides is 2. The second-order valence-corrected chi connectivity index (χ2v) is 45.3. The van der Waals surface area contributed by atoms with E-state index in [2.05, 4.69) is 174 Å². The summed E-state index contributed by atoms with van der Waals surface area (Å²) in [6, 6.07) is 39.1. The molecular formula is C98H136Cl4F9N13O19S3. The van der Waals surface area contributed by atoms with Crippen molar-refractivity contribution < 1.29 is 126 Å². The zero-order valence-electron chi connectivity index (χ0n) is 83.8. The summed E-state index contributed by atoms with van der Waals surface area (Å²) < 4.78 is 208. The smallest absolute Gasteiger partial charge is 0.381 e. The number of hydrogen-bond donors (Lipinski definition) is 6. The van der Waals surface area contributed by atoms with Crippen LogP contribution in [0.15, 0.2) is 156 Å². The molecule has 0 saturated carbocycles. The fourth-order valence-electron chi connectivity index (χ4n) is 14.1. The van der Waals surface area contributed by atoms with Crippen molar-refractivity contribution >= 4 is 153 Å². The van der Waals surface area contributed by atoms with Crippen molar-refractivity contribution in [1.29, 1.82) is 0 Å². The van der Waals surface area contributed by atoms with Gasteiger partial charge in [-0.05, 0) is 158 Å². The number of anilines is 5. The fourth-order valence-corrected chi connectivity index (χ4v) is 17.4. The minimum atomic E-state index is -6.93. The highest BCUT2D eigenvalue weighted by Crippen LogP contribution is 2.40. The summed E-state index contributed by atoms with van der Waals surface area (Å²) in [5, 5.41) is 18.6. The Labute approximate surface area is 870 Å². The lowest BCUT2D eigenvalue weighted by Crippen LogP contribution is -2.49. The van der Waals surface area contributed by atoms with Crippen LogP contribution in [0.4, 0.5) is 92.9 Å². The van der Waals surface area contributed by atoms with Crippen molar-refractivity contribution in [3.8, 4) is 0 Å². The Morgan fingerprint density at radius 2 is 0.747 bits per heavy atom. The number of alkyl halides is 11. The summed E-state index contributed by atoms with van der Waals surface area (Å²) >= 11 is 19.0. The number of aromatic nitrogens is 1. The number of piperidine rings is 4. The van der Waals surface area contributed by atoms with E-state index in [1.807, 2.05) is 102 Å². The first-order valence-corrected chi connectivity index (χ1v) is 52.4. The summed E-state index contributed by atoms with van der Waals surface area (Å²) in [6.07, 6.45) is 10.9. The maximum absolute atomic E-state index is 12.5. The summed E-state index contributed by atoms with van der Waals surface area (Å²) in [6.45, 7) is 42.4. The summed E-state index contributed by atoms with van der Waals surface area (Å²) in [7, 11) is -19.5. The number of urea groups is 4. The maximum atomic E-state index is 12.5. The molecule has 8 aliphatic heterocycles. The number of ketones is 2. The van der Waals surface area contributed by atoms with Gasteiger partial charge in [-0.15, -0.1) is 26.9 Å². The van der Waals surface area contributed by atoms with E-state index in [0.29, 0.717) is 102 Å². The van der Waals surface area contributed by atoms with Gasteiger partial charge < -0.3 is 74.1 Å². The number of carbonyl (C=O) groups is 6. The number of nitrogens with zero attached hydrogens (tertiary/aromatic N) is 7. The normalized spacial score (nSPS) is 16.8. The lowest BCUT2D eigenvalue weighted by molar-refractivity contribution is -0.181. The van der Waals surface area contributed by atoms with Gasteiger partial charge in [-0.3, -0.25) is 9.59 Å². The van der Waals surface area contributed by atoms with E-state index >= 15 is 0 Å².